The van der Waals surface area contributed by atoms with Crippen molar-refractivity contribution in [3.05, 3.63) is 65.0 Å². The molecule has 0 amide bonds. The van der Waals surface area contributed by atoms with Crippen molar-refractivity contribution in [3.8, 4) is 5.75 Å². The van der Waals surface area contributed by atoms with E-state index in [0.29, 0.717) is 5.56 Å². The summed E-state index contributed by atoms with van der Waals surface area (Å²) in [4.78, 5) is 11.4. The van der Waals surface area contributed by atoms with Crippen LogP contribution in [-0.4, -0.2) is 16.2 Å². The van der Waals surface area contributed by atoms with Crippen LogP contribution < -0.4 is 5.32 Å². The number of carboxylic acid groups (broad SMARTS) is 1. The van der Waals surface area contributed by atoms with Gasteiger partial charge in [-0.25, -0.2) is 4.39 Å². The quantitative estimate of drug-likeness (QED) is 0.791. The fraction of sp³-hybridized carbons (Fsp3) is 0.188. The van der Waals surface area contributed by atoms with Gasteiger partial charge in [0, 0.05) is 17.7 Å². The van der Waals surface area contributed by atoms with Crippen LogP contribution >= 0.6 is 0 Å². The number of carboxylic acids is 1. The number of hydrogen-bond acceptors (Lipinski definition) is 3. The second-order valence-electron chi connectivity index (χ2n) is 4.81. The van der Waals surface area contributed by atoms with Gasteiger partial charge < -0.3 is 10.2 Å². The minimum Gasteiger partial charge on any atom is -0.508 e. The second kappa shape index (κ2) is 6.37. The van der Waals surface area contributed by atoms with Gasteiger partial charge >= 0.3 is 5.97 Å². The van der Waals surface area contributed by atoms with Crippen molar-refractivity contribution in [2.75, 3.05) is 0 Å². The summed E-state index contributed by atoms with van der Waals surface area (Å²) in [6.07, 6.45) is 0. The van der Waals surface area contributed by atoms with Crippen molar-refractivity contribution >= 4 is 5.97 Å². The summed E-state index contributed by atoms with van der Waals surface area (Å²) < 4.78 is 13.6. The molecule has 1 atom stereocenters. The molecular formula is C16H16FNO3. The molecule has 110 valence electrons. The fourth-order valence-corrected chi connectivity index (χ4v) is 2.09. The van der Waals surface area contributed by atoms with Gasteiger partial charge in [0.25, 0.3) is 0 Å². The summed E-state index contributed by atoms with van der Waals surface area (Å²) in [6.45, 7) is 1.86. The lowest BCUT2D eigenvalue weighted by molar-refractivity contribution is -0.139. The third-order valence-electron chi connectivity index (χ3n) is 3.20. The van der Waals surface area contributed by atoms with Crippen molar-refractivity contribution in [3.63, 3.8) is 0 Å². The number of halogens is 1. The van der Waals surface area contributed by atoms with E-state index in [1.165, 1.54) is 12.1 Å². The molecule has 0 bridgehead atoms. The highest BCUT2D eigenvalue weighted by Gasteiger charge is 2.22. The average Bonchev–Trinajstić information content (AvgIpc) is 2.44. The summed E-state index contributed by atoms with van der Waals surface area (Å²) in [6, 6.07) is 9.78. The maximum atomic E-state index is 13.6. The molecule has 0 spiro atoms. The first kappa shape index (κ1) is 15.0. The highest BCUT2D eigenvalue weighted by molar-refractivity contribution is 5.76. The van der Waals surface area contributed by atoms with E-state index in [1.54, 1.807) is 37.3 Å². The SMILES string of the molecule is Cc1ccc(O)c(C(NCc2ccccc2F)C(=O)O)c1. The first-order valence-corrected chi connectivity index (χ1v) is 6.48. The van der Waals surface area contributed by atoms with Crippen LogP contribution in [0.1, 0.15) is 22.7 Å². The third-order valence-corrected chi connectivity index (χ3v) is 3.20. The van der Waals surface area contributed by atoms with Crippen molar-refractivity contribution in [1.82, 2.24) is 5.32 Å². The highest BCUT2D eigenvalue weighted by Crippen LogP contribution is 2.26. The van der Waals surface area contributed by atoms with Crippen molar-refractivity contribution in [2.24, 2.45) is 0 Å². The van der Waals surface area contributed by atoms with Crippen LogP contribution in [0.3, 0.4) is 0 Å². The Labute approximate surface area is 121 Å². The van der Waals surface area contributed by atoms with Crippen LogP contribution in [0.4, 0.5) is 4.39 Å². The number of aliphatic carboxylic acids is 1. The van der Waals surface area contributed by atoms with E-state index >= 15 is 0 Å². The summed E-state index contributed by atoms with van der Waals surface area (Å²) in [5.74, 6) is -1.64. The van der Waals surface area contributed by atoms with Crippen LogP contribution in [-0.2, 0) is 11.3 Å². The molecule has 2 aromatic carbocycles. The Morgan fingerprint density at radius 2 is 2.00 bits per heavy atom. The van der Waals surface area contributed by atoms with Crippen LogP contribution in [0.25, 0.3) is 0 Å². The van der Waals surface area contributed by atoms with E-state index in [4.69, 9.17) is 0 Å². The van der Waals surface area contributed by atoms with Crippen LogP contribution in [0.5, 0.6) is 5.75 Å². The number of aromatic hydroxyl groups is 1. The molecule has 0 radical (unpaired) electrons. The Morgan fingerprint density at radius 3 is 2.67 bits per heavy atom. The van der Waals surface area contributed by atoms with E-state index in [1.807, 2.05) is 0 Å². The Balaban J connectivity index is 2.22. The largest absolute Gasteiger partial charge is 0.508 e. The van der Waals surface area contributed by atoms with Gasteiger partial charge in [-0.3, -0.25) is 10.1 Å². The zero-order chi connectivity index (χ0) is 15.4. The summed E-state index contributed by atoms with van der Waals surface area (Å²) in [5.41, 5.74) is 1.47. The number of aryl methyl sites for hydroxylation is 1. The minimum absolute atomic E-state index is 0.0526. The first-order chi connectivity index (χ1) is 9.99. The van der Waals surface area contributed by atoms with E-state index in [-0.39, 0.29) is 17.9 Å². The van der Waals surface area contributed by atoms with Gasteiger partial charge in [0.15, 0.2) is 0 Å². The molecule has 0 aromatic heterocycles. The summed E-state index contributed by atoms with van der Waals surface area (Å²) >= 11 is 0. The molecule has 21 heavy (non-hydrogen) atoms. The van der Waals surface area contributed by atoms with Gasteiger partial charge in [0.2, 0.25) is 0 Å². The maximum Gasteiger partial charge on any atom is 0.325 e. The van der Waals surface area contributed by atoms with Gasteiger partial charge in [-0.1, -0.05) is 35.9 Å². The molecule has 0 heterocycles. The number of phenolic OH excluding ortho intramolecular Hbond substituents is 1. The summed E-state index contributed by atoms with van der Waals surface area (Å²) in [7, 11) is 0. The summed E-state index contributed by atoms with van der Waals surface area (Å²) in [5, 5.41) is 21.9. The standard InChI is InChI=1S/C16H16FNO3/c1-10-6-7-14(19)12(8-10)15(16(20)21)18-9-11-4-2-3-5-13(11)17/h2-8,15,18-19H,9H2,1H3,(H,20,21). The molecule has 2 aromatic rings. The molecule has 0 saturated carbocycles. The van der Waals surface area contributed by atoms with E-state index in [9.17, 15) is 19.4 Å². The van der Waals surface area contributed by atoms with Crippen LogP contribution in [0.2, 0.25) is 0 Å². The maximum absolute atomic E-state index is 13.6. The average molecular weight is 289 g/mol. The lowest BCUT2D eigenvalue weighted by Crippen LogP contribution is -2.28. The lowest BCUT2D eigenvalue weighted by Gasteiger charge is -2.17. The van der Waals surface area contributed by atoms with E-state index < -0.39 is 17.8 Å². The number of phenols is 1. The monoisotopic (exact) mass is 289 g/mol. The molecule has 2 rings (SSSR count). The number of hydrogen-bond donors (Lipinski definition) is 3. The number of benzene rings is 2. The molecule has 0 aliphatic rings. The van der Waals surface area contributed by atoms with E-state index in [2.05, 4.69) is 5.32 Å². The van der Waals surface area contributed by atoms with Crippen molar-refractivity contribution in [2.45, 2.75) is 19.5 Å². The first-order valence-electron chi connectivity index (χ1n) is 6.48. The number of nitrogens with one attached hydrogen (secondary N) is 1. The van der Waals surface area contributed by atoms with Gasteiger partial charge in [0.05, 0.1) is 0 Å². The predicted molar refractivity (Wildman–Crippen MR) is 76.5 cm³/mol. The zero-order valence-corrected chi connectivity index (χ0v) is 11.5. The highest BCUT2D eigenvalue weighted by atomic mass is 19.1. The Kier molecular flexibility index (Phi) is 4.55. The molecular weight excluding hydrogens is 273 g/mol. The molecule has 1 unspecified atom stereocenters. The number of rotatable bonds is 5. The molecule has 4 nitrogen and oxygen atoms in total. The minimum atomic E-state index is -1.13. The predicted octanol–water partition coefficient (Wildman–Crippen LogP) is 2.76. The van der Waals surface area contributed by atoms with Gasteiger partial charge in [-0.15, -0.1) is 0 Å². The Morgan fingerprint density at radius 1 is 1.29 bits per heavy atom. The fourth-order valence-electron chi connectivity index (χ4n) is 2.09. The van der Waals surface area contributed by atoms with Crippen molar-refractivity contribution < 1.29 is 19.4 Å². The van der Waals surface area contributed by atoms with Gasteiger partial charge in [-0.2, -0.15) is 0 Å². The van der Waals surface area contributed by atoms with E-state index in [0.717, 1.165) is 5.56 Å². The van der Waals surface area contributed by atoms with Gasteiger partial charge in [0.1, 0.15) is 17.6 Å². The smallest absolute Gasteiger partial charge is 0.325 e. The zero-order valence-electron chi connectivity index (χ0n) is 11.5. The molecule has 5 heteroatoms. The third kappa shape index (κ3) is 3.58. The Hall–Kier alpha value is -2.40. The van der Waals surface area contributed by atoms with Crippen molar-refractivity contribution in [1.29, 1.82) is 0 Å². The second-order valence-corrected chi connectivity index (χ2v) is 4.81. The molecule has 0 aliphatic heterocycles. The van der Waals surface area contributed by atoms with Crippen LogP contribution in [0, 0.1) is 12.7 Å². The number of carbonyl (C=O) groups is 1. The molecule has 0 aliphatic carbocycles. The van der Waals surface area contributed by atoms with Crippen LogP contribution in [0.15, 0.2) is 42.5 Å². The molecule has 3 N–H and O–H groups in total. The topological polar surface area (TPSA) is 69.6 Å². The van der Waals surface area contributed by atoms with Gasteiger partial charge in [-0.05, 0) is 19.1 Å². The lowest BCUT2D eigenvalue weighted by atomic mass is 10.0. The molecule has 0 fully saturated rings. The Bertz CT molecular complexity index is 658. The molecule has 0 saturated heterocycles. The normalized spacial score (nSPS) is 12.1.